The van der Waals surface area contributed by atoms with Crippen LogP contribution in [0.4, 0.5) is 4.39 Å². The maximum Gasteiger partial charge on any atom is 0.159 e. The van der Waals surface area contributed by atoms with Crippen molar-refractivity contribution in [2.24, 2.45) is 0 Å². The van der Waals surface area contributed by atoms with Crippen molar-refractivity contribution < 1.29 is 4.39 Å². The molecule has 6 heteroatoms. The maximum atomic E-state index is 14.4. The highest BCUT2D eigenvalue weighted by Crippen LogP contribution is 2.32. The average Bonchev–Trinajstić information content (AvgIpc) is 3.43. The molecule has 0 aliphatic rings. The van der Waals surface area contributed by atoms with Crippen molar-refractivity contribution in [2.75, 3.05) is 0 Å². The Morgan fingerprint density at radius 1 is 1.06 bits per heavy atom. The fraction of sp³-hybridized carbons (Fsp3) is 0.0385. The zero-order valence-corrected chi connectivity index (χ0v) is 17.4. The molecule has 2 aromatic carbocycles. The lowest BCUT2D eigenvalue weighted by Crippen LogP contribution is -1.89. The summed E-state index contributed by atoms with van der Waals surface area (Å²) < 4.78 is 14.4. The minimum absolute atomic E-state index is 0.335. The quantitative estimate of drug-likeness (QED) is 0.320. The van der Waals surface area contributed by atoms with Crippen LogP contribution >= 0.6 is 0 Å². The van der Waals surface area contributed by atoms with Gasteiger partial charge in [0.25, 0.3) is 0 Å². The molecule has 0 saturated heterocycles. The predicted octanol–water partition coefficient (Wildman–Crippen LogP) is 6.45. The number of aromatic nitrogens is 5. The number of benzene rings is 2. The molecule has 156 valence electrons. The molecule has 0 saturated carbocycles. The van der Waals surface area contributed by atoms with Crippen LogP contribution in [0.25, 0.3) is 50.3 Å². The molecule has 0 amide bonds. The summed E-state index contributed by atoms with van der Waals surface area (Å²) in [5, 5.41) is 8.52. The van der Waals surface area contributed by atoms with Crippen molar-refractivity contribution in [3.63, 3.8) is 0 Å². The monoisotopic (exact) mass is 421 g/mol. The van der Waals surface area contributed by atoms with E-state index in [4.69, 9.17) is 4.98 Å². The summed E-state index contributed by atoms with van der Waals surface area (Å²) in [4.78, 5) is 12.5. The highest BCUT2D eigenvalue weighted by atomic mass is 19.1. The fourth-order valence-electron chi connectivity index (χ4n) is 3.80. The zero-order valence-electron chi connectivity index (χ0n) is 17.4. The molecule has 0 spiro atoms. The van der Waals surface area contributed by atoms with Crippen LogP contribution in [0.1, 0.15) is 12.5 Å². The molecule has 0 radical (unpaired) electrons. The van der Waals surface area contributed by atoms with Crippen molar-refractivity contribution in [3.8, 4) is 22.8 Å². The second-order valence-electron chi connectivity index (χ2n) is 7.29. The van der Waals surface area contributed by atoms with E-state index in [1.54, 1.807) is 30.5 Å². The number of aromatic amines is 2. The summed E-state index contributed by atoms with van der Waals surface area (Å²) in [5.74, 6) is 0.260. The molecular formula is C26H20FN5. The van der Waals surface area contributed by atoms with Gasteiger partial charge < -0.3 is 4.98 Å². The number of nitrogens with one attached hydrogen (secondary N) is 2. The Balaban J connectivity index is 1.66. The second kappa shape index (κ2) is 8.07. The third-order valence-corrected chi connectivity index (χ3v) is 5.37. The van der Waals surface area contributed by atoms with Crippen LogP contribution in [-0.2, 0) is 0 Å². The number of hydrogen-bond donors (Lipinski definition) is 2. The Hall–Kier alpha value is -4.32. The van der Waals surface area contributed by atoms with Crippen LogP contribution in [0, 0.1) is 5.82 Å². The highest BCUT2D eigenvalue weighted by Gasteiger charge is 2.17. The highest BCUT2D eigenvalue weighted by molar-refractivity contribution is 5.97. The third kappa shape index (κ3) is 3.32. The molecule has 0 bridgehead atoms. The van der Waals surface area contributed by atoms with Gasteiger partial charge in [0, 0.05) is 17.1 Å². The van der Waals surface area contributed by atoms with E-state index in [2.05, 4.69) is 38.9 Å². The van der Waals surface area contributed by atoms with Gasteiger partial charge in [-0.05, 0) is 48.4 Å². The maximum absolute atomic E-state index is 14.4. The minimum atomic E-state index is -0.335. The molecule has 0 aliphatic carbocycles. The van der Waals surface area contributed by atoms with Crippen molar-refractivity contribution >= 4 is 27.5 Å². The van der Waals surface area contributed by atoms with Gasteiger partial charge in [-0.1, -0.05) is 49.1 Å². The Morgan fingerprint density at radius 3 is 2.75 bits per heavy atom. The number of hydrogen-bond acceptors (Lipinski definition) is 3. The lowest BCUT2D eigenvalue weighted by atomic mass is 10.0. The van der Waals surface area contributed by atoms with Crippen LogP contribution in [0.15, 0.2) is 85.6 Å². The van der Waals surface area contributed by atoms with E-state index in [1.807, 2.05) is 37.3 Å². The van der Waals surface area contributed by atoms with Gasteiger partial charge in [-0.2, -0.15) is 5.10 Å². The van der Waals surface area contributed by atoms with Crippen LogP contribution in [0.2, 0.25) is 0 Å². The van der Waals surface area contributed by atoms with E-state index in [-0.39, 0.29) is 5.82 Å². The molecule has 0 aliphatic heterocycles. The van der Waals surface area contributed by atoms with E-state index < -0.39 is 0 Å². The van der Waals surface area contributed by atoms with Crippen molar-refractivity contribution in [1.29, 1.82) is 0 Å². The van der Waals surface area contributed by atoms with Crippen LogP contribution in [0.5, 0.6) is 0 Å². The first-order valence-electron chi connectivity index (χ1n) is 10.2. The van der Waals surface area contributed by atoms with Crippen LogP contribution < -0.4 is 0 Å². The summed E-state index contributed by atoms with van der Waals surface area (Å²) in [5.41, 5.74) is 6.01. The van der Waals surface area contributed by atoms with Crippen LogP contribution in [0.3, 0.4) is 0 Å². The molecule has 3 aromatic heterocycles. The van der Waals surface area contributed by atoms with Gasteiger partial charge in [0.15, 0.2) is 5.82 Å². The van der Waals surface area contributed by atoms with Crippen LogP contribution in [-0.4, -0.2) is 25.1 Å². The van der Waals surface area contributed by atoms with Gasteiger partial charge in [-0.15, -0.1) is 0 Å². The van der Waals surface area contributed by atoms with Crippen molar-refractivity contribution in [2.45, 2.75) is 6.92 Å². The smallest absolute Gasteiger partial charge is 0.159 e. The molecule has 5 aromatic rings. The first-order chi connectivity index (χ1) is 15.7. The number of imidazole rings is 1. The molecular weight excluding hydrogens is 401 g/mol. The number of pyridine rings is 1. The number of H-pyrrole nitrogens is 2. The van der Waals surface area contributed by atoms with Crippen molar-refractivity contribution in [1.82, 2.24) is 25.1 Å². The van der Waals surface area contributed by atoms with Crippen molar-refractivity contribution in [3.05, 3.63) is 97.0 Å². The topological polar surface area (TPSA) is 70.2 Å². The number of halogens is 1. The Bertz CT molecular complexity index is 1520. The SMILES string of the molecule is C=C/C=C\C(=C/C)c1ccc2[nH]nc(-c3nc4c(-c5ccccc5F)nccc4[nH]3)c2c1. The molecule has 2 N–H and O–H groups in total. The number of allylic oxidation sites excluding steroid dienone is 5. The standard InChI is InChI=1S/C26H20FN5/c1-3-5-8-16(4-2)17-11-12-21-19(15-17)24(32-31-21)26-29-22-13-14-28-23(25(22)30-26)18-9-6-7-10-20(18)27/h3-15H,1H2,2H3,(H,29,30)(H,31,32)/b8-5-,16-4+. The minimum Gasteiger partial charge on any atom is -0.336 e. The first-order valence-corrected chi connectivity index (χ1v) is 10.2. The molecule has 5 nitrogen and oxygen atoms in total. The third-order valence-electron chi connectivity index (χ3n) is 5.37. The summed E-state index contributed by atoms with van der Waals surface area (Å²) in [6.45, 7) is 5.74. The van der Waals surface area contributed by atoms with Gasteiger partial charge in [-0.3, -0.25) is 10.1 Å². The summed E-state index contributed by atoms with van der Waals surface area (Å²) in [6, 6.07) is 14.5. The molecule has 0 fully saturated rings. The molecule has 0 unspecified atom stereocenters. The molecule has 0 atom stereocenters. The number of nitrogens with zero attached hydrogens (tertiary/aromatic N) is 3. The number of fused-ring (bicyclic) bond motifs is 2. The van der Waals surface area contributed by atoms with E-state index in [0.29, 0.717) is 28.3 Å². The lowest BCUT2D eigenvalue weighted by molar-refractivity contribution is 0.631. The summed E-state index contributed by atoms with van der Waals surface area (Å²) in [7, 11) is 0. The molecule has 32 heavy (non-hydrogen) atoms. The summed E-state index contributed by atoms with van der Waals surface area (Å²) in [6.07, 6.45) is 9.38. The summed E-state index contributed by atoms with van der Waals surface area (Å²) >= 11 is 0. The lowest BCUT2D eigenvalue weighted by Gasteiger charge is -2.03. The zero-order chi connectivity index (χ0) is 22.1. The van der Waals surface area contributed by atoms with E-state index in [1.165, 1.54) is 6.07 Å². The largest absolute Gasteiger partial charge is 0.336 e. The Morgan fingerprint density at radius 2 is 1.94 bits per heavy atom. The van der Waals surface area contributed by atoms with E-state index in [0.717, 1.165) is 27.6 Å². The number of rotatable bonds is 5. The Kier molecular flexibility index (Phi) is 4.95. The average molecular weight is 421 g/mol. The normalized spacial score (nSPS) is 12.2. The fourth-order valence-corrected chi connectivity index (χ4v) is 3.80. The van der Waals surface area contributed by atoms with Gasteiger partial charge in [0.2, 0.25) is 0 Å². The molecule has 5 rings (SSSR count). The predicted molar refractivity (Wildman–Crippen MR) is 127 cm³/mol. The van der Waals surface area contributed by atoms with Gasteiger partial charge in [0.05, 0.1) is 11.0 Å². The molecule has 3 heterocycles. The van der Waals surface area contributed by atoms with E-state index >= 15 is 0 Å². The van der Waals surface area contributed by atoms with Gasteiger partial charge in [-0.25, -0.2) is 9.37 Å². The van der Waals surface area contributed by atoms with Gasteiger partial charge >= 0.3 is 0 Å². The second-order valence-corrected chi connectivity index (χ2v) is 7.29. The first kappa shape index (κ1) is 19.6. The van der Waals surface area contributed by atoms with Gasteiger partial charge in [0.1, 0.15) is 22.7 Å². The van der Waals surface area contributed by atoms with E-state index in [9.17, 15) is 4.39 Å². The Labute approximate surface area is 184 Å².